The van der Waals surface area contributed by atoms with E-state index in [9.17, 15) is 8.78 Å². The minimum absolute atomic E-state index is 0.366. The van der Waals surface area contributed by atoms with Crippen molar-refractivity contribution in [2.75, 3.05) is 6.26 Å². The Morgan fingerprint density at radius 1 is 1.55 bits per heavy atom. The van der Waals surface area contributed by atoms with Crippen molar-refractivity contribution < 1.29 is 8.78 Å². The van der Waals surface area contributed by atoms with Crippen molar-refractivity contribution in [3.63, 3.8) is 0 Å². The molecule has 0 spiro atoms. The molecule has 4 heteroatoms. The van der Waals surface area contributed by atoms with Crippen LogP contribution in [0.2, 0.25) is 0 Å². The van der Waals surface area contributed by atoms with Crippen LogP contribution in [0.1, 0.15) is 5.56 Å². The zero-order chi connectivity index (χ0) is 8.27. The molecule has 1 rings (SSSR count). The van der Waals surface area contributed by atoms with Crippen LogP contribution in [0.5, 0.6) is 0 Å². The molecule has 0 aliphatic rings. The van der Waals surface area contributed by atoms with Gasteiger partial charge in [0.25, 0.3) is 0 Å². The number of pyridine rings is 1. The van der Waals surface area contributed by atoms with Crippen LogP contribution in [0.4, 0.5) is 8.78 Å². The fraction of sp³-hybridized carbons (Fsp3) is 0.286. The maximum atomic E-state index is 12.7. The summed E-state index contributed by atoms with van der Waals surface area (Å²) in [5.41, 5.74) is 0.366. The highest BCUT2D eigenvalue weighted by Crippen LogP contribution is 2.12. The fourth-order valence-corrected chi connectivity index (χ4v) is 1.25. The first kappa shape index (κ1) is 8.46. The zero-order valence-electron chi connectivity index (χ0n) is 5.97. The van der Waals surface area contributed by atoms with Gasteiger partial charge in [-0.1, -0.05) is 0 Å². The maximum Gasteiger partial charge on any atom is 0.213 e. The lowest BCUT2D eigenvalue weighted by atomic mass is 10.3. The number of aromatic nitrogens is 1. The summed E-state index contributed by atoms with van der Waals surface area (Å²) in [6, 6.07) is 1.12. The molecule has 0 radical (unpaired) electrons. The third-order valence-electron chi connectivity index (χ3n) is 1.20. The molecule has 0 aliphatic heterocycles. The Labute approximate surface area is 67.8 Å². The Morgan fingerprint density at radius 3 is 2.91 bits per heavy atom. The molecule has 0 aliphatic carbocycles. The average Bonchev–Trinajstić information content (AvgIpc) is 1.98. The minimum atomic E-state index is -0.629. The number of hydrogen-bond acceptors (Lipinski definition) is 2. The molecule has 1 heterocycles. The summed E-state index contributed by atoms with van der Waals surface area (Å²) in [4.78, 5) is 3.17. The molecular formula is C7H7F2NS. The first-order valence-corrected chi connectivity index (χ1v) is 4.42. The number of thioether (sulfide) groups is 1. The van der Waals surface area contributed by atoms with Gasteiger partial charge in [0.2, 0.25) is 5.95 Å². The second-order valence-corrected chi connectivity index (χ2v) is 2.90. The predicted octanol–water partition coefficient (Wildman–Crippen LogP) is 2.22. The van der Waals surface area contributed by atoms with Crippen molar-refractivity contribution in [1.82, 2.24) is 4.98 Å². The topological polar surface area (TPSA) is 12.9 Å². The maximum absolute atomic E-state index is 12.7. The molecule has 0 N–H and O–H groups in total. The van der Waals surface area contributed by atoms with Crippen LogP contribution >= 0.6 is 11.8 Å². The van der Waals surface area contributed by atoms with E-state index < -0.39 is 11.8 Å². The number of rotatable bonds is 2. The molecular weight excluding hydrogens is 168 g/mol. The van der Waals surface area contributed by atoms with Gasteiger partial charge in [-0.3, -0.25) is 0 Å². The number of halogens is 2. The Hall–Kier alpha value is -0.640. The van der Waals surface area contributed by atoms with Gasteiger partial charge in [-0.25, -0.2) is 9.37 Å². The summed E-state index contributed by atoms with van der Waals surface area (Å²) in [5.74, 6) is -0.596. The standard InChI is InChI=1S/C7H7F2NS/c1-11-4-5-2-7(9)10-3-6(5)8/h2-3H,4H2,1H3. The highest BCUT2D eigenvalue weighted by molar-refractivity contribution is 7.97. The molecule has 1 aromatic rings. The molecule has 0 saturated carbocycles. The Bertz CT molecular complexity index is 252. The normalized spacial score (nSPS) is 10.1. The third-order valence-corrected chi connectivity index (χ3v) is 1.80. The van der Waals surface area contributed by atoms with Gasteiger partial charge in [0, 0.05) is 17.4 Å². The van der Waals surface area contributed by atoms with Crippen molar-refractivity contribution in [1.29, 1.82) is 0 Å². The highest BCUT2D eigenvalue weighted by Gasteiger charge is 2.02. The first-order chi connectivity index (χ1) is 5.24. The van der Waals surface area contributed by atoms with E-state index in [-0.39, 0.29) is 0 Å². The van der Waals surface area contributed by atoms with E-state index in [0.717, 1.165) is 12.3 Å². The summed E-state index contributed by atoms with van der Waals surface area (Å²) in [5, 5.41) is 0. The fourth-order valence-electron chi connectivity index (χ4n) is 0.717. The smallest absolute Gasteiger partial charge is 0.213 e. The monoisotopic (exact) mass is 175 g/mol. The second-order valence-electron chi connectivity index (χ2n) is 2.03. The Kier molecular flexibility index (Phi) is 2.82. The lowest BCUT2D eigenvalue weighted by Gasteiger charge is -1.98. The van der Waals surface area contributed by atoms with Gasteiger partial charge in [0.05, 0.1) is 6.20 Å². The second kappa shape index (κ2) is 3.67. The third kappa shape index (κ3) is 2.15. The van der Waals surface area contributed by atoms with Crippen LogP contribution in [0.25, 0.3) is 0 Å². The van der Waals surface area contributed by atoms with Gasteiger partial charge in [-0.2, -0.15) is 16.2 Å². The largest absolute Gasteiger partial charge is 0.225 e. The highest BCUT2D eigenvalue weighted by atomic mass is 32.2. The molecule has 0 amide bonds. The summed E-state index contributed by atoms with van der Waals surface area (Å²) in [6.07, 6.45) is 2.73. The molecule has 0 bridgehead atoms. The van der Waals surface area contributed by atoms with Crippen LogP contribution in [0.3, 0.4) is 0 Å². The average molecular weight is 175 g/mol. The van der Waals surface area contributed by atoms with Crippen molar-refractivity contribution in [3.8, 4) is 0 Å². The van der Waals surface area contributed by atoms with Gasteiger partial charge in [-0.05, 0) is 6.26 Å². The molecule has 11 heavy (non-hydrogen) atoms. The molecule has 0 atom stereocenters. The molecule has 0 aromatic carbocycles. The van der Waals surface area contributed by atoms with Crippen LogP contribution in [0, 0.1) is 11.8 Å². The summed E-state index contributed by atoms with van der Waals surface area (Å²) >= 11 is 1.44. The lowest BCUT2D eigenvalue weighted by Crippen LogP contribution is -1.91. The lowest BCUT2D eigenvalue weighted by molar-refractivity contribution is 0.553. The molecule has 0 unspecified atom stereocenters. The van der Waals surface area contributed by atoms with E-state index in [4.69, 9.17) is 0 Å². The zero-order valence-corrected chi connectivity index (χ0v) is 6.79. The number of hydrogen-bond donors (Lipinski definition) is 0. The molecule has 0 saturated heterocycles. The van der Waals surface area contributed by atoms with Gasteiger partial charge < -0.3 is 0 Å². The molecule has 60 valence electrons. The van der Waals surface area contributed by atoms with Crippen molar-refractivity contribution in [2.24, 2.45) is 0 Å². The SMILES string of the molecule is CSCc1cc(F)ncc1F. The first-order valence-electron chi connectivity index (χ1n) is 3.03. The molecule has 0 fully saturated rings. The van der Waals surface area contributed by atoms with Crippen LogP contribution < -0.4 is 0 Å². The van der Waals surface area contributed by atoms with Gasteiger partial charge in [-0.15, -0.1) is 0 Å². The van der Waals surface area contributed by atoms with Crippen molar-refractivity contribution in [3.05, 3.63) is 29.6 Å². The van der Waals surface area contributed by atoms with Crippen molar-refractivity contribution in [2.45, 2.75) is 5.75 Å². The quantitative estimate of drug-likeness (QED) is 0.639. The van der Waals surface area contributed by atoms with E-state index in [0.29, 0.717) is 11.3 Å². The van der Waals surface area contributed by atoms with E-state index in [2.05, 4.69) is 4.98 Å². The predicted molar refractivity (Wildman–Crippen MR) is 41.4 cm³/mol. The number of nitrogens with zero attached hydrogens (tertiary/aromatic N) is 1. The van der Waals surface area contributed by atoms with Crippen molar-refractivity contribution >= 4 is 11.8 Å². The Morgan fingerprint density at radius 2 is 2.27 bits per heavy atom. The van der Waals surface area contributed by atoms with E-state index in [1.165, 1.54) is 11.8 Å². The van der Waals surface area contributed by atoms with E-state index in [1.54, 1.807) is 0 Å². The Balaban J connectivity index is 2.93. The van der Waals surface area contributed by atoms with Crippen LogP contribution in [-0.2, 0) is 5.75 Å². The van der Waals surface area contributed by atoms with E-state index in [1.807, 2.05) is 6.26 Å². The van der Waals surface area contributed by atoms with Crippen LogP contribution in [-0.4, -0.2) is 11.2 Å². The van der Waals surface area contributed by atoms with Gasteiger partial charge in [0.1, 0.15) is 5.82 Å². The van der Waals surface area contributed by atoms with E-state index >= 15 is 0 Å². The summed E-state index contributed by atoms with van der Waals surface area (Å²) in [7, 11) is 0. The summed E-state index contributed by atoms with van der Waals surface area (Å²) in [6.45, 7) is 0. The molecule has 1 aromatic heterocycles. The minimum Gasteiger partial charge on any atom is -0.225 e. The summed E-state index contributed by atoms with van der Waals surface area (Å²) < 4.78 is 25.1. The van der Waals surface area contributed by atoms with Gasteiger partial charge >= 0.3 is 0 Å². The van der Waals surface area contributed by atoms with Gasteiger partial charge in [0.15, 0.2) is 0 Å². The van der Waals surface area contributed by atoms with Crippen LogP contribution in [0.15, 0.2) is 12.3 Å². The molecule has 1 nitrogen and oxygen atoms in total.